The molecule has 2 rings (SSSR count). The average molecular weight is 240 g/mol. The monoisotopic (exact) mass is 240 g/mol. The van der Waals surface area contributed by atoms with Crippen LogP contribution in [0.2, 0.25) is 0 Å². The summed E-state index contributed by atoms with van der Waals surface area (Å²) in [6, 6.07) is 0.371. The van der Waals surface area contributed by atoms with E-state index < -0.39 is 0 Å². The van der Waals surface area contributed by atoms with Crippen LogP contribution in [0.5, 0.6) is 0 Å². The number of nitrogens with one attached hydrogen (secondary N) is 1. The van der Waals surface area contributed by atoms with Gasteiger partial charge in [-0.15, -0.1) is 0 Å². The van der Waals surface area contributed by atoms with Crippen LogP contribution < -0.4 is 5.32 Å². The van der Waals surface area contributed by atoms with Gasteiger partial charge in [0, 0.05) is 32.8 Å². The highest BCUT2D eigenvalue weighted by Crippen LogP contribution is 2.33. The summed E-state index contributed by atoms with van der Waals surface area (Å²) in [7, 11) is 1.67. The van der Waals surface area contributed by atoms with Gasteiger partial charge in [-0.3, -0.25) is 4.79 Å². The van der Waals surface area contributed by atoms with Crippen molar-refractivity contribution < 1.29 is 9.53 Å². The van der Waals surface area contributed by atoms with Crippen LogP contribution >= 0.6 is 0 Å². The molecule has 1 amide bonds. The summed E-state index contributed by atoms with van der Waals surface area (Å²) in [4.78, 5) is 14.3. The minimum absolute atomic E-state index is 0.235. The molecule has 2 saturated heterocycles. The van der Waals surface area contributed by atoms with E-state index in [2.05, 4.69) is 17.1 Å². The van der Waals surface area contributed by atoms with Gasteiger partial charge in [0.1, 0.15) is 0 Å². The van der Waals surface area contributed by atoms with Gasteiger partial charge in [-0.25, -0.2) is 0 Å². The first-order valence-corrected chi connectivity index (χ1v) is 6.50. The lowest BCUT2D eigenvalue weighted by atomic mass is 9.95. The summed E-state index contributed by atoms with van der Waals surface area (Å²) in [5.41, 5.74) is -0.354. The number of carbonyl (C=O) groups excluding carboxylic acids is 1. The van der Waals surface area contributed by atoms with Gasteiger partial charge in [0.2, 0.25) is 5.91 Å². The number of nitrogens with zero attached hydrogens (tertiary/aromatic N) is 1. The molecule has 0 aliphatic carbocycles. The van der Waals surface area contributed by atoms with E-state index in [0.29, 0.717) is 24.3 Å². The lowest BCUT2D eigenvalue weighted by Gasteiger charge is -2.29. The largest absolute Gasteiger partial charge is 0.378 e. The van der Waals surface area contributed by atoms with Gasteiger partial charge >= 0.3 is 0 Å². The van der Waals surface area contributed by atoms with E-state index in [1.54, 1.807) is 7.11 Å². The van der Waals surface area contributed by atoms with Gasteiger partial charge in [0.25, 0.3) is 0 Å². The molecule has 0 aromatic carbocycles. The van der Waals surface area contributed by atoms with Crippen molar-refractivity contribution in [1.82, 2.24) is 10.2 Å². The molecule has 1 N–H and O–H groups in total. The molecule has 2 aliphatic rings. The predicted molar refractivity (Wildman–Crippen MR) is 66.7 cm³/mol. The fraction of sp³-hybridized carbons (Fsp3) is 0.923. The summed E-state index contributed by atoms with van der Waals surface area (Å²) >= 11 is 0. The number of amides is 1. The molecule has 0 radical (unpaired) electrons. The van der Waals surface area contributed by atoms with Crippen LogP contribution in [0.15, 0.2) is 0 Å². The highest BCUT2D eigenvalue weighted by atomic mass is 16.5. The highest BCUT2D eigenvalue weighted by molar-refractivity contribution is 5.78. The normalized spacial score (nSPS) is 32.9. The zero-order valence-electron chi connectivity index (χ0n) is 11.3. The first-order chi connectivity index (χ1) is 7.94. The Bertz CT molecular complexity index is 304. The number of carbonyl (C=O) groups is 1. The molecule has 2 heterocycles. The van der Waals surface area contributed by atoms with Gasteiger partial charge in [-0.1, -0.05) is 0 Å². The maximum atomic E-state index is 12.3. The lowest BCUT2D eigenvalue weighted by Crippen LogP contribution is -2.41. The van der Waals surface area contributed by atoms with E-state index in [9.17, 15) is 4.79 Å². The van der Waals surface area contributed by atoms with E-state index in [4.69, 9.17) is 4.74 Å². The van der Waals surface area contributed by atoms with Crippen molar-refractivity contribution in [3.8, 4) is 0 Å². The van der Waals surface area contributed by atoms with E-state index in [1.165, 1.54) is 0 Å². The Kier molecular flexibility index (Phi) is 3.46. The molecule has 98 valence electrons. The summed E-state index contributed by atoms with van der Waals surface area (Å²) < 4.78 is 5.34. The molecule has 4 nitrogen and oxygen atoms in total. The second-order valence-corrected chi connectivity index (χ2v) is 6.01. The van der Waals surface area contributed by atoms with Gasteiger partial charge in [-0.05, 0) is 32.6 Å². The molecule has 2 fully saturated rings. The van der Waals surface area contributed by atoms with Gasteiger partial charge in [-0.2, -0.15) is 0 Å². The Morgan fingerprint density at radius 2 is 2.18 bits per heavy atom. The summed E-state index contributed by atoms with van der Waals surface area (Å²) in [6.07, 6.45) is 0.473. The van der Waals surface area contributed by atoms with E-state index in [-0.39, 0.29) is 11.5 Å². The zero-order valence-corrected chi connectivity index (χ0v) is 11.3. The molecular formula is C13H24N2O2. The Hall–Kier alpha value is -0.610. The Morgan fingerprint density at radius 1 is 1.47 bits per heavy atom. The van der Waals surface area contributed by atoms with Crippen molar-refractivity contribution in [2.24, 2.45) is 11.8 Å². The molecule has 0 aromatic rings. The maximum Gasteiger partial charge on any atom is 0.225 e. The van der Waals surface area contributed by atoms with Crippen molar-refractivity contribution in [3.05, 3.63) is 0 Å². The molecule has 17 heavy (non-hydrogen) atoms. The van der Waals surface area contributed by atoms with Crippen LogP contribution in [-0.2, 0) is 9.53 Å². The zero-order chi connectivity index (χ0) is 12.6. The summed E-state index contributed by atoms with van der Waals surface area (Å²) in [5.74, 6) is 1.53. The molecule has 0 saturated carbocycles. The summed E-state index contributed by atoms with van der Waals surface area (Å²) in [5, 5.41) is 3.41. The minimum Gasteiger partial charge on any atom is -0.378 e. The van der Waals surface area contributed by atoms with Crippen molar-refractivity contribution >= 4 is 5.91 Å². The number of hydrogen-bond donors (Lipinski definition) is 1. The second-order valence-electron chi connectivity index (χ2n) is 6.01. The van der Waals surface area contributed by atoms with Crippen LogP contribution in [0.25, 0.3) is 0 Å². The summed E-state index contributed by atoms with van der Waals surface area (Å²) in [6.45, 7) is 9.14. The third-order valence-electron chi connectivity index (χ3n) is 4.38. The fourth-order valence-electron chi connectivity index (χ4n) is 3.03. The van der Waals surface area contributed by atoms with Gasteiger partial charge in [0.05, 0.1) is 12.0 Å². The SMILES string of the molecule is COC(C)(C)CC(=O)N1CC2CNCC2C1C. The molecule has 3 unspecified atom stereocenters. The van der Waals surface area contributed by atoms with Crippen molar-refractivity contribution in [3.63, 3.8) is 0 Å². The molecule has 0 bridgehead atoms. The Balaban J connectivity index is 1.97. The van der Waals surface area contributed by atoms with Crippen molar-refractivity contribution in [2.75, 3.05) is 26.7 Å². The Morgan fingerprint density at radius 3 is 2.76 bits per heavy atom. The first-order valence-electron chi connectivity index (χ1n) is 6.50. The molecule has 4 heteroatoms. The number of likely N-dealkylation sites (tertiary alicyclic amines) is 1. The molecule has 0 spiro atoms. The van der Waals surface area contributed by atoms with Crippen molar-refractivity contribution in [2.45, 2.75) is 38.8 Å². The van der Waals surface area contributed by atoms with Gasteiger partial charge < -0.3 is 15.0 Å². The predicted octanol–water partition coefficient (Wildman–Crippen LogP) is 0.868. The molecule has 0 aromatic heterocycles. The van der Waals surface area contributed by atoms with E-state index >= 15 is 0 Å². The smallest absolute Gasteiger partial charge is 0.225 e. The van der Waals surface area contributed by atoms with E-state index in [1.807, 2.05) is 13.8 Å². The first kappa shape index (κ1) is 12.8. The van der Waals surface area contributed by atoms with Crippen LogP contribution in [0.1, 0.15) is 27.2 Å². The van der Waals surface area contributed by atoms with E-state index in [0.717, 1.165) is 19.6 Å². The number of rotatable bonds is 3. The fourth-order valence-corrected chi connectivity index (χ4v) is 3.03. The van der Waals surface area contributed by atoms with Crippen LogP contribution in [-0.4, -0.2) is 49.2 Å². The third kappa shape index (κ3) is 2.47. The lowest BCUT2D eigenvalue weighted by molar-refractivity contribution is -0.137. The standard InChI is InChI=1S/C13H24N2O2/c1-9-11-7-14-6-10(11)8-15(9)12(16)5-13(2,3)17-4/h9-11,14H,5-8H2,1-4H3. The van der Waals surface area contributed by atoms with Crippen molar-refractivity contribution in [1.29, 1.82) is 0 Å². The number of hydrogen-bond acceptors (Lipinski definition) is 3. The van der Waals surface area contributed by atoms with Crippen LogP contribution in [0.3, 0.4) is 0 Å². The Labute approximate surface area is 104 Å². The quantitative estimate of drug-likeness (QED) is 0.796. The number of methoxy groups -OCH3 is 1. The maximum absolute atomic E-state index is 12.3. The van der Waals surface area contributed by atoms with Crippen LogP contribution in [0, 0.1) is 11.8 Å². The topological polar surface area (TPSA) is 41.6 Å². The number of ether oxygens (including phenoxy) is 1. The molecule has 3 atom stereocenters. The third-order valence-corrected chi connectivity index (χ3v) is 4.38. The average Bonchev–Trinajstić information content (AvgIpc) is 2.81. The molecular weight excluding hydrogens is 216 g/mol. The minimum atomic E-state index is -0.354. The molecule has 2 aliphatic heterocycles. The second kappa shape index (κ2) is 4.58. The number of fused-ring (bicyclic) bond motifs is 1. The highest BCUT2D eigenvalue weighted by Gasteiger charge is 2.44. The van der Waals surface area contributed by atoms with Gasteiger partial charge in [0.15, 0.2) is 0 Å². The van der Waals surface area contributed by atoms with Crippen LogP contribution in [0.4, 0.5) is 0 Å².